The Labute approximate surface area is 174 Å². The molecule has 3 rings (SSSR count). The maximum atomic E-state index is 12.7. The van der Waals surface area contributed by atoms with Crippen LogP contribution in [-0.2, 0) is 0 Å². The van der Waals surface area contributed by atoms with E-state index in [4.69, 9.17) is 0 Å². The van der Waals surface area contributed by atoms with Crippen molar-refractivity contribution in [1.82, 2.24) is 9.80 Å². The van der Waals surface area contributed by atoms with E-state index in [0.29, 0.717) is 30.8 Å². The lowest BCUT2D eigenvalue weighted by Crippen LogP contribution is -2.55. The van der Waals surface area contributed by atoms with Crippen LogP contribution in [0, 0.1) is 7.14 Å². The molecule has 1 saturated heterocycles. The first-order chi connectivity index (χ1) is 12.0. The average Bonchev–Trinajstić information content (AvgIpc) is 2.62. The van der Waals surface area contributed by atoms with E-state index in [0.717, 1.165) is 7.14 Å². The van der Waals surface area contributed by atoms with Crippen LogP contribution >= 0.6 is 45.2 Å². The van der Waals surface area contributed by atoms with Gasteiger partial charge in [-0.05, 0) is 101 Å². The lowest BCUT2D eigenvalue weighted by molar-refractivity contribution is 0.0414. The second-order valence-corrected chi connectivity index (χ2v) is 8.60. The van der Waals surface area contributed by atoms with E-state index in [2.05, 4.69) is 45.2 Å². The normalized spacial score (nSPS) is 17.5. The summed E-state index contributed by atoms with van der Waals surface area (Å²) >= 11 is 4.45. The number of piperazine rings is 1. The Morgan fingerprint density at radius 1 is 0.840 bits per heavy atom. The maximum Gasteiger partial charge on any atom is 0.254 e. The van der Waals surface area contributed by atoms with Crippen molar-refractivity contribution in [2.45, 2.75) is 13.0 Å². The summed E-state index contributed by atoms with van der Waals surface area (Å²) in [6.45, 7) is 3.67. The Morgan fingerprint density at radius 2 is 1.32 bits per heavy atom. The van der Waals surface area contributed by atoms with E-state index >= 15 is 0 Å². The van der Waals surface area contributed by atoms with E-state index in [1.807, 2.05) is 65.3 Å². The molecule has 0 unspecified atom stereocenters. The summed E-state index contributed by atoms with van der Waals surface area (Å²) in [6.07, 6.45) is 0. The van der Waals surface area contributed by atoms with Crippen LogP contribution in [0.25, 0.3) is 0 Å². The summed E-state index contributed by atoms with van der Waals surface area (Å²) in [6, 6.07) is 15.2. The standard InChI is InChI=1S/C19H18I2N2O2/c1-13-12-22(18(24)14-2-6-16(20)7-3-14)10-11-23(13)19(25)15-4-8-17(21)9-5-15/h2-9,13H,10-12H2,1H3/t13-/m0/s1. The fraction of sp³-hybridized carbons (Fsp3) is 0.263. The first-order valence-corrected chi connectivity index (χ1v) is 10.2. The molecule has 0 spiro atoms. The van der Waals surface area contributed by atoms with Crippen molar-refractivity contribution >= 4 is 57.0 Å². The molecule has 1 heterocycles. The summed E-state index contributed by atoms with van der Waals surface area (Å²) in [7, 11) is 0. The predicted octanol–water partition coefficient (Wildman–Crippen LogP) is 3.88. The van der Waals surface area contributed by atoms with Crippen molar-refractivity contribution in [3.05, 3.63) is 66.8 Å². The summed E-state index contributed by atoms with van der Waals surface area (Å²) in [4.78, 5) is 29.1. The molecule has 0 saturated carbocycles. The number of amides is 2. The van der Waals surface area contributed by atoms with Crippen molar-refractivity contribution in [3.8, 4) is 0 Å². The van der Waals surface area contributed by atoms with Gasteiger partial charge in [0.2, 0.25) is 0 Å². The van der Waals surface area contributed by atoms with Crippen molar-refractivity contribution in [1.29, 1.82) is 0 Å². The summed E-state index contributed by atoms with van der Waals surface area (Å²) in [5.41, 5.74) is 1.40. The Bertz CT molecular complexity index is 775. The molecule has 0 aliphatic carbocycles. The zero-order valence-corrected chi connectivity index (χ0v) is 18.1. The molecular formula is C19H18I2N2O2. The SMILES string of the molecule is C[C@H]1CN(C(=O)c2ccc(I)cc2)CCN1C(=O)c1ccc(I)cc1. The van der Waals surface area contributed by atoms with Gasteiger partial charge in [-0.15, -0.1) is 0 Å². The van der Waals surface area contributed by atoms with Crippen LogP contribution in [0.3, 0.4) is 0 Å². The molecule has 25 heavy (non-hydrogen) atoms. The highest BCUT2D eigenvalue weighted by Crippen LogP contribution is 2.17. The first kappa shape index (κ1) is 18.6. The van der Waals surface area contributed by atoms with Crippen molar-refractivity contribution in [3.63, 3.8) is 0 Å². The minimum Gasteiger partial charge on any atom is -0.335 e. The third-order valence-electron chi connectivity index (χ3n) is 4.36. The minimum atomic E-state index is -0.00618. The number of benzene rings is 2. The smallest absolute Gasteiger partial charge is 0.254 e. The van der Waals surface area contributed by atoms with E-state index in [-0.39, 0.29) is 17.9 Å². The van der Waals surface area contributed by atoms with Crippen LogP contribution in [0.5, 0.6) is 0 Å². The summed E-state index contributed by atoms with van der Waals surface area (Å²) < 4.78 is 2.21. The minimum absolute atomic E-state index is 0.00618. The lowest BCUT2D eigenvalue weighted by atomic mass is 10.1. The van der Waals surface area contributed by atoms with E-state index < -0.39 is 0 Å². The molecule has 0 aromatic heterocycles. The number of carbonyl (C=O) groups excluding carboxylic acids is 2. The molecule has 2 aromatic rings. The molecule has 130 valence electrons. The molecule has 2 aromatic carbocycles. The molecule has 2 amide bonds. The fourth-order valence-electron chi connectivity index (χ4n) is 2.98. The number of nitrogens with zero attached hydrogens (tertiary/aromatic N) is 2. The van der Waals surface area contributed by atoms with Crippen LogP contribution in [0.2, 0.25) is 0 Å². The van der Waals surface area contributed by atoms with E-state index in [9.17, 15) is 9.59 Å². The van der Waals surface area contributed by atoms with Gasteiger partial charge in [-0.1, -0.05) is 0 Å². The predicted molar refractivity (Wildman–Crippen MR) is 115 cm³/mol. The van der Waals surface area contributed by atoms with Gasteiger partial charge < -0.3 is 9.80 Å². The number of rotatable bonds is 2. The molecule has 1 aliphatic rings. The van der Waals surface area contributed by atoms with Crippen LogP contribution in [0.1, 0.15) is 27.6 Å². The zero-order chi connectivity index (χ0) is 18.0. The van der Waals surface area contributed by atoms with Gasteiger partial charge in [0.25, 0.3) is 11.8 Å². The third-order valence-corrected chi connectivity index (χ3v) is 5.80. The molecule has 1 aliphatic heterocycles. The molecule has 6 heteroatoms. The Hall–Kier alpha value is -1.16. The Balaban J connectivity index is 1.67. The molecule has 0 radical (unpaired) electrons. The fourth-order valence-corrected chi connectivity index (χ4v) is 3.70. The highest BCUT2D eigenvalue weighted by atomic mass is 127. The van der Waals surface area contributed by atoms with Crippen LogP contribution in [0.15, 0.2) is 48.5 Å². The van der Waals surface area contributed by atoms with Crippen molar-refractivity contribution in [2.75, 3.05) is 19.6 Å². The van der Waals surface area contributed by atoms with Gasteiger partial charge in [-0.25, -0.2) is 0 Å². The summed E-state index contributed by atoms with van der Waals surface area (Å²) in [5, 5.41) is 0. The second-order valence-electron chi connectivity index (χ2n) is 6.11. The highest BCUT2D eigenvalue weighted by Gasteiger charge is 2.30. The van der Waals surface area contributed by atoms with E-state index in [1.165, 1.54) is 0 Å². The monoisotopic (exact) mass is 560 g/mol. The average molecular weight is 560 g/mol. The number of hydrogen-bond donors (Lipinski definition) is 0. The molecular weight excluding hydrogens is 542 g/mol. The van der Waals surface area contributed by atoms with Gasteiger partial charge in [-0.3, -0.25) is 9.59 Å². The highest BCUT2D eigenvalue weighted by molar-refractivity contribution is 14.1. The van der Waals surface area contributed by atoms with Gasteiger partial charge in [0.1, 0.15) is 0 Å². The first-order valence-electron chi connectivity index (χ1n) is 8.07. The van der Waals surface area contributed by atoms with Crippen LogP contribution < -0.4 is 0 Å². The second kappa shape index (κ2) is 8.03. The van der Waals surface area contributed by atoms with Crippen LogP contribution in [-0.4, -0.2) is 47.3 Å². The Morgan fingerprint density at radius 3 is 1.80 bits per heavy atom. The third kappa shape index (κ3) is 4.33. The Kier molecular flexibility index (Phi) is 5.98. The van der Waals surface area contributed by atoms with Gasteiger partial charge in [0.05, 0.1) is 0 Å². The van der Waals surface area contributed by atoms with Gasteiger partial charge in [0.15, 0.2) is 0 Å². The van der Waals surface area contributed by atoms with Crippen molar-refractivity contribution in [2.24, 2.45) is 0 Å². The van der Waals surface area contributed by atoms with Gasteiger partial charge >= 0.3 is 0 Å². The molecule has 1 fully saturated rings. The van der Waals surface area contributed by atoms with Gasteiger partial charge in [0, 0.05) is 43.9 Å². The molecule has 1 atom stereocenters. The lowest BCUT2D eigenvalue weighted by Gasteiger charge is -2.40. The zero-order valence-electron chi connectivity index (χ0n) is 13.8. The number of carbonyl (C=O) groups is 2. The topological polar surface area (TPSA) is 40.6 Å². The maximum absolute atomic E-state index is 12.7. The van der Waals surface area contributed by atoms with E-state index in [1.54, 1.807) is 0 Å². The molecule has 4 nitrogen and oxygen atoms in total. The number of hydrogen-bond acceptors (Lipinski definition) is 2. The van der Waals surface area contributed by atoms with Crippen molar-refractivity contribution < 1.29 is 9.59 Å². The number of halogens is 2. The van der Waals surface area contributed by atoms with Crippen LogP contribution in [0.4, 0.5) is 0 Å². The molecule has 0 bridgehead atoms. The molecule has 0 N–H and O–H groups in total. The summed E-state index contributed by atoms with van der Waals surface area (Å²) in [5.74, 6) is 0.0647. The largest absolute Gasteiger partial charge is 0.335 e. The quantitative estimate of drug-likeness (QED) is 0.524. The van der Waals surface area contributed by atoms with Gasteiger partial charge in [-0.2, -0.15) is 0 Å².